The summed E-state index contributed by atoms with van der Waals surface area (Å²) in [6, 6.07) is 5.40. The average Bonchev–Trinajstić information content (AvgIpc) is 2.79. The van der Waals surface area contributed by atoms with Crippen LogP contribution in [0.3, 0.4) is 0 Å². The molecule has 0 saturated carbocycles. The number of nitrogens with zero attached hydrogens (tertiary/aromatic N) is 2. The number of oxazole rings is 1. The summed E-state index contributed by atoms with van der Waals surface area (Å²) in [6.07, 6.45) is 2.52. The standard InChI is InChI=1S/C16H21N3O2/c1-11-12(21-15(18-11)16(2,3)4)8-9-14(20)19-13-7-5-6-10-17-13/h5-7,10H,8-9H2,1-4H3,(H,17,19,20). The summed E-state index contributed by atoms with van der Waals surface area (Å²) in [5, 5.41) is 2.76. The molecule has 0 bridgehead atoms. The number of rotatable bonds is 4. The van der Waals surface area contributed by atoms with Gasteiger partial charge in [-0.15, -0.1) is 0 Å². The maximum absolute atomic E-state index is 11.9. The normalized spacial score (nSPS) is 11.4. The molecule has 2 heterocycles. The Hall–Kier alpha value is -2.17. The monoisotopic (exact) mass is 287 g/mol. The van der Waals surface area contributed by atoms with E-state index in [1.807, 2.05) is 19.1 Å². The van der Waals surface area contributed by atoms with Gasteiger partial charge in [0.05, 0.1) is 5.69 Å². The van der Waals surface area contributed by atoms with E-state index >= 15 is 0 Å². The molecule has 0 aromatic carbocycles. The molecule has 0 fully saturated rings. The van der Waals surface area contributed by atoms with E-state index < -0.39 is 0 Å². The maximum atomic E-state index is 11.9. The number of hydrogen-bond donors (Lipinski definition) is 1. The highest BCUT2D eigenvalue weighted by molar-refractivity contribution is 5.89. The molecule has 2 rings (SSSR count). The van der Waals surface area contributed by atoms with Crippen LogP contribution in [0.1, 0.15) is 44.5 Å². The quantitative estimate of drug-likeness (QED) is 0.937. The van der Waals surface area contributed by atoms with Gasteiger partial charge in [-0.1, -0.05) is 26.8 Å². The molecule has 5 nitrogen and oxygen atoms in total. The Balaban J connectivity index is 1.94. The van der Waals surface area contributed by atoms with Crippen molar-refractivity contribution in [1.29, 1.82) is 0 Å². The molecule has 0 radical (unpaired) electrons. The summed E-state index contributed by atoms with van der Waals surface area (Å²) >= 11 is 0. The number of pyridine rings is 1. The molecule has 0 unspecified atom stereocenters. The van der Waals surface area contributed by atoms with Crippen LogP contribution in [0.5, 0.6) is 0 Å². The lowest BCUT2D eigenvalue weighted by atomic mass is 9.97. The zero-order chi connectivity index (χ0) is 15.5. The van der Waals surface area contributed by atoms with E-state index in [0.29, 0.717) is 24.6 Å². The van der Waals surface area contributed by atoms with Crippen molar-refractivity contribution in [1.82, 2.24) is 9.97 Å². The minimum Gasteiger partial charge on any atom is -0.445 e. The van der Waals surface area contributed by atoms with Gasteiger partial charge in [-0.3, -0.25) is 4.79 Å². The van der Waals surface area contributed by atoms with Gasteiger partial charge in [0.1, 0.15) is 11.6 Å². The van der Waals surface area contributed by atoms with Crippen LogP contribution in [0.4, 0.5) is 5.82 Å². The summed E-state index contributed by atoms with van der Waals surface area (Å²) in [6.45, 7) is 8.06. The largest absolute Gasteiger partial charge is 0.445 e. The van der Waals surface area contributed by atoms with E-state index in [1.54, 1.807) is 12.3 Å². The fourth-order valence-corrected chi connectivity index (χ4v) is 1.85. The first-order chi connectivity index (χ1) is 9.86. The van der Waals surface area contributed by atoms with Crippen LogP contribution in [0.15, 0.2) is 28.8 Å². The first-order valence-corrected chi connectivity index (χ1v) is 7.04. The molecule has 0 aliphatic rings. The van der Waals surface area contributed by atoms with E-state index in [1.165, 1.54) is 0 Å². The van der Waals surface area contributed by atoms with Gasteiger partial charge in [0.25, 0.3) is 0 Å². The molecule has 0 aliphatic carbocycles. The lowest BCUT2D eigenvalue weighted by Crippen LogP contribution is -2.13. The van der Waals surface area contributed by atoms with Gasteiger partial charge in [-0.2, -0.15) is 0 Å². The molecule has 21 heavy (non-hydrogen) atoms. The van der Waals surface area contributed by atoms with E-state index in [4.69, 9.17) is 4.42 Å². The van der Waals surface area contributed by atoms with Crippen molar-refractivity contribution in [2.75, 3.05) is 5.32 Å². The molecule has 1 amide bonds. The lowest BCUT2D eigenvalue weighted by Gasteiger charge is -2.12. The molecule has 0 aliphatic heterocycles. The van der Waals surface area contributed by atoms with E-state index in [0.717, 1.165) is 11.5 Å². The summed E-state index contributed by atoms with van der Waals surface area (Å²) in [4.78, 5) is 20.4. The highest BCUT2D eigenvalue weighted by atomic mass is 16.4. The Morgan fingerprint density at radius 1 is 1.33 bits per heavy atom. The number of carbonyl (C=O) groups excluding carboxylic acids is 1. The number of carbonyl (C=O) groups is 1. The number of hydrogen-bond acceptors (Lipinski definition) is 4. The van der Waals surface area contributed by atoms with Crippen molar-refractivity contribution in [3.05, 3.63) is 41.7 Å². The van der Waals surface area contributed by atoms with Crippen molar-refractivity contribution in [3.8, 4) is 0 Å². The molecule has 0 atom stereocenters. The zero-order valence-corrected chi connectivity index (χ0v) is 12.9. The van der Waals surface area contributed by atoms with Crippen LogP contribution in [0.2, 0.25) is 0 Å². The molecule has 0 saturated heterocycles. The molecule has 0 spiro atoms. The third kappa shape index (κ3) is 4.15. The van der Waals surface area contributed by atoms with E-state index in [-0.39, 0.29) is 11.3 Å². The number of aryl methyl sites for hydroxylation is 2. The van der Waals surface area contributed by atoms with Crippen molar-refractivity contribution in [3.63, 3.8) is 0 Å². The van der Waals surface area contributed by atoms with Gasteiger partial charge < -0.3 is 9.73 Å². The summed E-state index contributed by atoms with van der Waals surface area (Å²) in [7, 11) is 0. The van der Waals surface area contributed by atoms with Crippen molar-refractivity contribution < 1.29 is 9.21 Å². The molecule has 5 heteroatoms. The summed E-state index contributed by atoms with van der Waals surface area (Å²) < 4.78 is 5.77. The molecule has 2 aromatic rings. The second-order valence-corrected chi connectivity index (χ2v) is 6.04. The number of anilines is 1. The molecule has 112 valence electrons. The van der Waals surface area contributed by atoms with Crippen LogP contribution in [-0.2, 0) is 16.6 Å². The van der Waals surface area contributed by atoms with E-state index in [2.05, 4.69) is 36.1 Å². The minimum atomic E-state index is -0.126. The predicted octanol–water partition coefficient (Wildman–Crippen LogP) is 3.25. The highest BCUT2D eigenvalue weighted by Gasteiger charge is 2.22. The Kier molecular flexibility index (Phi) is 4.40. The van der Waals surface area contributed by atoms with Crippen LogP contribution < -0.4 is 5.32 Å². The van der Waals surface area contributed by atoms with Gasteiger partial charge >= 0.3 is 0 Å². The van der Waals surface area contributed by atoms with Gasteiger partial charge in [-0.25, -0.2) is 9.97 Å². The molecule has 2 aromatic heterocycles. The van der Waals surface area contributed by atoms with Crippen molar-refractivity contribution >= 4 is 11.7 Å². The Morgan fingerprint density at radius 3 is 2.67 bits per heavy atom. The predicted molar refractivity (Wildman–Crippen MR) is 81.1 cm³/mol. The van der Waals surface area contributed by atoms with E-state index in [9.17, 15) is 4.79 Å². The SMILES string of the molecule is Cc1nc(C(C)(C)C)oc1CCC(=O)Nc1ccccn1. The Bertz CT molecular complexity index is 612. The zero-order valence-electron chi connectivity index (χ0n) is 12.9. The van der Waals surface area contributed by atoms with Crippen molar-refractivity contribution in [2.24, 2.45) is 0 Å². The topological polar surface area (TPSA) is 68.0 Å². The fraction of sp³-hybridized carbons (Fsp3) is 0.438. The molecule has 1 N–H and O–H groups in total. The van der Waals surface area contributed by atoms with Gasteiger partial charge in [0.15, 0.2) is 5.89 Å². The Labute approximate surface area is 124 Å². The third-order valence-corrected chi connectivity index (χ3v) is 3.05. The smallest absolute Gasteiger partial charge is 0.225 e. The lowest BCUT2D eigenvalue weighted by molar-refractivity contribution is -0.116. The number of amides is 1. The highest BCUT2D eigenvalue weighted by Crippen LogP contribution is 2.24. The molecular formula is C16H21N3O2. The average molecular weight is 287 g/mol. The first-order valence-electron chi connectivity index (χ1n) is 7.04. The second kappa shape index (κ2) is 6.08. The summed E-state index contributed by atoms with van der Waals surface area (Å²) in [5.41, 5.74) is 0.727. The molecular weight excluding hydrogens is 266 g/mol. The summed E-state index contributed by atoms with van der Waals surface area (Å²) in [5.74, 6) is 1.96. The number of aromatic nitrogens is 2. The first kappa shape index (κ1) is 15.2. The maximum Gasteiger partial charge on any atom is 0.225 e. The van der Waals surface area contributed by atoms with Gasteiger partial charge in [-0.05, 0) is 19.1 Å². The van der Waals surface area contributed by atoms with Crippen LogP contribution in [0.25, 0.3) is 0 Å². The fourth-order valence-electron chi connectivity index (χ4n) is 1.85. The van der Waals surface area contributed by atoms with Crippen LogP contribution >= 0.6 is 0 Å². The van der Waals surface area contributed by atoms with Gasteiger partial charge in [0.2, 0.25) is 5.91 Å². The van der Waals surface area contributed by atoms with Gasteiger partial charge in [0, 0.05) is 24.5 Å². The van der Waals surface area contributed by atoms with Crippen LogP contribution in [-0.4, -0.2) is 15.9 Å². The minimum absolute atomic E-state index is 0.0817. The number of nitrogens with one attached hydrogen (secondary N) is 1. The Morgan fingerprint density at radius 2 is 2.10 bits per heavy atom. The third-order valence-electron chi connectivity index (χ3n) is 3.05. The van der Waals surface area contributed by atoms with Crippen molar-refractivity contribution in [2.45, 2.75) is 46.0 Å². The second-order valence-electron chi connectivity index (χ2n) is 6.04. The van der Waals surface area contributed by atoms with Crippen LogP contribution in [0, 0.1) is 6.92 Å².